The molecule has 30 nitrogen and oxygen atoms in total. The van der Waals surface area contributed by atoms with E-state index in [1.165, 1.54) is 72.8 Å². The van der Waals surface area contributed by atoms with E-state index < -0.39 is 76.8 Å². The zero-order valence-electron chi connectivity index (χ0n) is 38.7. The van der Waals surface area contributed by atoms with E-state index in [9.17, 15) is 60.9 Å². The van der Waals surface area contributed by atoms with Gasteiger partial charge in [0.25, 0.3) is 50.6 Å². The molecular weight excluding hydrogens is 1120 g/mol. The number of hydrogen-bond donors (Lipinski definition) is 9. The minimum Gasteiger partial charge on any atom is -0.506 e. The summed E-state index contributed by atoms with van der Waals surface area (Å²) in [6, 6.07) is 24.5. The molecule has 0 atom stereocenters. The molecule has 0 saturated heterocycles. The van der Waals surface area contributed by atoms with Crippen LogP contribution in [-0.4, -0.2) is 97.2 Å². The van der Waals surface area contributed by atoms with E-state index in [1.54, 1.807) is 13.0 Å². The molecule has 1 aromatic heterocycles. The molecule has 7 rings (SSSR count). The number of anilines is 5. The van der Waals surface area contributed by atoms with E-state index in [2.05, 4.69) is 71.8 Å². The lowest BCUT2D eigenvalue weighted by Gasteiger charge is -2.12. The standard InChI is InChI=1S/C42H36N14O16S5/c1-24-20-27(6-14-33(24)53-55-35-16-8-29(22-38(35)76(67,68)69)51-49-25-2-10-31(11-3-25)74(61,62)63)44-41-46-40(43-18-19-73(58,59)60)47-42(48-41)45-28-7-15-34(37(57)21-28)54-56-36-17-9-30(23-39(36)77(70,71)72)52-50-26-4-12-32(13-5-26)75(64,65)66/h2-17,20-23,57H,18-19H2,1H3,(H,58,59,60)(H,61,62,63)(H,64,65,66)(H,67,68,69)(H,70,71,72)(H3,43,44,45,46,47,48). The number of hydrogen-bond acceptors (Lipinski definition) is 25. The summed E-state index contributed by atoms with van der Waals surface area (Å²) in [7, 11) is -23.1. The third kappa shape index (κ3) is 16.0. The first-order chi connectivity index (χ1) is 36.1. The Kier molecular flexibility index (Phi) is 16.6. The summed E-state index contributed by atoms with van der Waals surface area (Å²) in [5.41, 5.74) is 0.578. The van der Waals surface area contributed by atoms with Gasteiger partial charge in [-0.2, -0.15) is 82.6 Å². The number of aromatic hydroxyl groups is 1. The van der Waals surface area contributed by atoms with Gasteiger partial charge in [0.05, 0.1) is 44.0 Å². The highest BCUT2D eigenvalue weighted by atomic mass is 32.2. The fraction of sp³-hybridized carbons (Fsp3) is 0.0714. The molecule has 0 unspecified atom stereocenters. The molecule has 0 saturated carbocycles. The summed E-state index contributed by atoms with van der Waals surface area (Å²) in [4.78, 5) is 10.6. The molecule has 7 aromatic rings. The fourth-order valence-electron chi connectivity index (χ4n) is 6.17. The van der Waals surface area contributed by atoms with Crippen molar-refractivity contribution in [2.75, 3.05) is 28.2 Å². The number of nitrogens with one attached hydrogen (secondary N) is 3. The second kappa shape index (κ2) is 22.8. The van der Waals surface area contributed by atoms with E-state index in [0.29, 0.717) is 11.3 Å². The van der Waals surface area contributed by atoms with Gasteiger partial charge in [-0.05, 0) is 128 Å². The summed E-state index contributed by atoms with van der Waals surface area (Å²) in [5.74, 6) is -1.69. The Hall–Kier alpha value is -8.52. The maximum Gasteiger partial charge on any atom is 0.296 e. The average molecular weight is 1150 g/mol. The molecule has 77 heavy (non-hydrogen) atoms. The van der Waals surface area contributed by atoms with Crippen molar-refractivity contribution in [1.82, 2.24) is 15.0 Å². The van der Waals surface area contributed by atoms with Crippen molar-refractivity contribution in [2.45, 2.75) is 26.5 Å². The highest BCUT2D eigenvalue weighted by molar-refractivity contribution is 7.87. The van der Waals surface area contributed by atoms with Crippen LogP contribution in [0.15, 0.2) is 182 Å². The first kappa shape index (κ1) is 56.2. The third-order valence-electron chi connectivity index (χ3n) is 9.77. The van der Waals surface area contributed by atoms with Crippen molar-refractivity contribution in [1.29, 1.82) is 0 Å². The van der Waals surface area contributed by atoms with Crippen molar-refractivity contribution in [3.05, 3.63) is 127 Å². The summed E-state index contributed by atoms with van der Waals surface area (Å²) < 4.78 is 165. The predicted molar refractivity (Wildman–Crippen MR) is 272 cm³/mol. The van der Waals surface area contributed by atoms with E-state index in [-0.39, 0.29) is 80.5 Å². The normalized spacial score (nSPS) is 12.8. The van der Waals surface area contributed by atoms with Gasteiger partial charge in [-0.15, -0.1) is 15.3 Å². The zero-order valence-corrected chi connectivity index (χ0v) is 42.8. The van der Waals surface area contributed by atoms with Crippen LogP contribution in [0.3, 0.4) is 0 Å². The van der Waals surface area contributed by atoms with Crippen LogP contribution < -0.4 is 16.0 Å². The lowest BCUT2D eigenvalue weighted by molar-refractivity contribution is 0.476. The van der Waals surface area contributed by atoms with E-state index in [1.807, 2.05) is 0 Å². The van der Waals surface area contributed by atoms with Gasteiger partial charge in [0.15, 0.2) is 0 Å². The highest BCUT2D eigenvalue weighted by Gasteiger charge is 2.20. The zero-order chi connectivity index (χ0) is 55.9. The summed E-state index contributed by atoms with van der Waals surface area (Å²) in [6.45, 7) is 1.29. The number of aryl methyl sites for hydroxylation is 1. The van der Waals surface area contributed by atoms with Gasteiger partial charge < -0.3 is 21.1 Å². The van der Waals surface area contributed by atoms with Crippen LogP contribution in [0, 0.1) is 6.92 Å². The molecule has 0 aliphatic carbocycles. The smallest absolute Gasteiger partial charge is 0.296 e. The lowest BCUT2D eigenvalue weighted by atomic mass is 10.2. The van der Waals surface area contributed by atoms with Gasteiger partial charge in [0, 0.05) is 24.0 Å². The van der Waals surface area contributed by atoms with Gasteiger partial charge in [-0.25, -0.2) is 0 Å². The molecule has 9 N–H and O–H groups in total. The molecule has 0 fully saturated rings. The highest BCUT2D eigenvalue weighted by Crippen LogP contribution is 2.36. The second-order valence-corrected chi connectivity index (χ2v) is 22.7. The van der Waals surface area contributed by atoms with E-state index >= 15 is 0 Å². The third-order valence-corrected chi connectivity index (χ3v) is 14.0. The van der Waals surface area contributed by atoms with Crippen LogP contribution in [0.5, 0.6) is 5.75 Å². The van der Waals surface area contributed by atoms with E-state index in [4.69, 9.17) is 9.11 Å². The lowest BCUT2D eigenvalue weighted by Crippen LogP contribution is -2.17. The SMILES string of the molecule is Cc1cc(Nc2nc(NCCS(=O)(=O)O)nc(Nc3ccc(N=Nc4ccc(N=Nc5ccc(S(=O)(=O)O)cc5)cc4S(=O)(=O)O)c(O)c3)n2)ccc1N=Nc1ccc(N=Nc2ccc(S(=O)(=O)O)cc2)cc1S(=O)(=O)O. The molecule has 0 aliphatic heterocycles. The Balaban J connectivity index is 1.07. The maximum atomic E-state index is 12.3. The first-order valence-corrected chi connectivity index (χ1v) is 28.4. The van der Waals surface area contributed by atoms with Crippen LogP contribution in [0.1, 0.15) is 5.56 Å². The van der Waals surface area contributed by atoms with Crippen molar-refractivity contribution in [3.8, 4) is 5.75 Å². The molecule has 35 heteroatoms. The molecule has 400 valence electrons. The van der Waals surface area contributed by atoms with E-state index in [0.717, 1.165) is 42.5 Å². The summed E-state index contributed by atoms with van der Waals surface area (Å²) in [6.07, 6.45) is 0. The Bertz CT molecular complexity index is 3890. The average Bonchev–Trinajstić information content (AvgIpc) is 3.34. The first-order valence-electron chi connectivity index (χ1n) is 21.0. The maximum absolute atomic E-state index is 12.3. The molecule has 0 amide bonds. The number of azo groups is 4. The topological polar surface area (TPSA) is 466 Å². The van der Waals surface area contributed by atoms with Gasteiger partial charge in [0.2, 0.25) is 17.8 Å². The van der Waals surface area contributed by atoms with Gasteiger partial charge in [-0.3, -0.25) is 22.8 Å². The summed E-state index contributed by atoms with van der Waals surface area (Å²) >= 11 is 0. The quantitative estimate of drug-likeness (QED) is 0.0253. The molecule has 0 aliphatic rings. The number of nitrogens with zero attached hydrogens (tertiary/aromatic N) is 11. The van der Waals surface area contributed by atoms with Crippen LogP contribution in [0.25, 0.3) is 0 Å². The van der Waals surface area contributed by atoms with Gasteiger partial charge >= 0.3 is 0 Å². The minimum atomic E-state index is -4.93. The van der Waals surface area contributed by atoms with Crippen molar-refractivity contribution in [3.63, 3.8) is 0 Å². The molecular formula is C42H36N14O16S5. The fourth-order valence-corrected chi connectivity index (χ4v) is 8.78. The van der Waals surface area contributed by atoms with Crippen LogP contribution in [0.2, 0.25) is 0 Å². The van der Waals surface area contributed by atoms with Crippen LogP contribution in [-0.2, 0) is 50.6 Å². The number of aromatic nitrogens is 3. The molecule has 6 aromatic carbocycles. The minimum absolute atomic E-state index is 0.0368. The number of phenols is 1. The monoisotopic (exact) mass is 1150 g/mol. The Morgan fingerprint density at radius 3 is 1.21 bits per heavy atom. The van der Waals surface area contributed by atoms with Crippen LogP contribution in [0.4, 0.5) is 74.7 Å². The Morgan fingerprint density at radius 2 is 0.792 bits per heavy atom. The van der Waals surface area contributed by atoms with Gasteiger partial charge in [-0.1, -0.05) is 0 Å². The Morgan fingerprint density at radius 1 is 0.416 bits per heavy atom. The molecule has 0 radical (unpaired) electrons. The summed E-state index contributed by atoms with van der Waals surface area (Å²) in [5, 5.41) is 50.8. The predicted octanol–water partition coefficient (Wildman–Crippen LogP) is 9.32. The van der Waals surface area contributed by atoms with Crippen molar-refractivity contribution >= 4 is 125 Å². The number of phenolic OH excluding ortho intramolecular Hbond substituents is 1. The van der Waals surface area contributed by atoms with Crippen molar-refractivity contribution in [2.24, 2.45) is 40.9 Å². The second-order valence-electron chi connectivity index (χ2n) is 15.5. The Labute approximate surface area is 436 Å². The molecule has 0 spiro atoms. The number of benzene rings is 6. The number of rotatable bonds is 20. The van der Waals surface area contributed by atoms with Crippen molar-refractivity contribution < 1.29 is 70.0 Å². The molecule has 0 bridgehead atoms. The molecule has 1 heterocycles. The van der Waals surface area contributed by atoms with Crippen LogP contribution >= 0.6 is 0 Å². The largest absolute Gasteiger partial charge is 0.506 e. The van der Waals surface area contributed by atoms with Gasteiger partial charge in [0.1, 0.15) is 32.6 Å².